The molecule has 0 aliphatic heterocycles. The molecule has 0 bridgehead atoms. The number of allylic oxidation sites excluding steroid dienone is 6. The van der Waals surface area contributed by atoms with Gasteiger partial charge in [0, 0.05) is 5.92 Å². The van der Waals surface area contributed by atoms with Gasteiger partial charge in [0.15, 0.2) is 5.67 Å². The molecule has 1 aliphatic rings. The third-order valence-electron chi connectivity index (χ3n) is 3.65. The maximum atomic E-state index is 14.3. The van der Waals surface area contributed by atoms with Crippen molar-refractivity contribution < 1.29 is 9.13 Å². The first-order valence-corrected chi connectivity index (χ1v) is 7.34. The lowest BCUT2D eigenvalue weighted by Gasteiger charge is -2.17. The maximum absolute atomic E-state index is 14.3. The van der Waals surface area contributed by atoms with Crippen LogP contribution in [0.4, 0.5) is 4.39 Å². The third kappa shape index (κ3) is 4.06. The van der Waals surface area contributed by atoms with E-state index in [4.69, 9.17) is 4.74 Å². The Kier molecular flexibility index (Phi) is 6.18. The molecule has 112 valence electrons. The van der Waals surface area contributed by atoms with E-state index in [1.165, 1.54) is 0 Å². The fourth-order valence-corrected chi connectivity index (χ4v) is 1.96. The summed E-state index contributed by atoms with van der Waals surface area (Å²) >= 11 is 0. The van der Waals surface area contributed by atoms with Crippen molar-refractivity contribution in [2.45, 2.75) is 52.6 Å². The summed E-state index contributed by atoms with van der Waals surface area (Å²) in [6, 6.07) is 0. The van der Waals surface area contributed by atoms with E-state index < -0.39 is 5.67 Å². The lowest BCUT2D eigenvalue weighted by Crippen LogP contribution is -2.17. The van der Waals surface area contributed by atoms with Crippen LogP contribution < -0.4 is 0 Å². The van der Waals surface area contributed by atoms with E-state index in [1.807, 2.05) is 32.1 Å². The van der Waals surface area contributed by atoms with Gasteiger partial charge in [-0.1, -0.05) is 32.1 Å². The van der Waals surface area contributed by atoms with Crippen LogP contribution in [0.2, 0.25) is 0 Å². The summed E-state index contributed by atoms with van der Waals surface area (Å²) in [5, 5.41) is 0. The second-order valence-corrected chi connectivity index (χ2v) is 5.21. The molecule has 1 rings (SSSR count). The van der Waals surface area contributed by atoms with Crippen molar-refractivity contribution in [3.63, 3.8) is 0 Å². The molecule has 3 heteroatoms. The first kappa shape index (κ1) is 16.7. The molecule has 1 fully saturated rings. The van der Waals surface area contributed by atoms with E-state index in [0.717, 1.165) is 12.1 Å². The Labute approximate surface area is 122 Å². The quantitative estimate of drug-likeness (QED) is 0.365. The summed E-state index contributed by atoms with van der Waals surface area (Å²) in [6.07, 6.45) is 9.59. The van der Waals surface area contributed by atoms with Gasteiger partial charge in [-0.05, 0) is 39.2 Å². The number of hydrogen-bond donors (Lipinski definition) is 0. The number of halogens is 1. The van der Waals surface area contributed by atoms with Gasteiger partial charge in [-0.25, -0.2) is 4.39 Å². The number of nitrogens with zero attached hydrogens (tertiary/aromatic N) is 1. The van der Waals surface area contributed by atoms with Crippen LogP contribution >= 0.6 is 0 Å². The SMILES string of the molecule is C\C=C/C=C(OC)\C(=N/C(=C\C)C1(F)CC1)C(C)CC. The summed E-state index contributed by atoms with van der Waals surface area (Å²) in [5.41, 5.74) is 0.147. The zero-order chi connectivity index (χ0) is 15.2. The van der Waals surface area contributed by atoms with Crippen LogP contribution in [0.15, 0.2) is 40.8 Å². The topological polar surface area (TPSA) is 21.6 Å². The van der Waals surface area contributed by atoms with Crippen LogP contribution in [-0.4, -0.2) is 18.5 Å². The number of ether oxygens (including phenoxy) is 1. The van der Waals surface area contributed by atoms with Crippen LogP contribution in [0.1, 0.15) is 47.0 Å². The molecule has 0 heterocycles. The van der Waals surface area contributed by atoms with Gasteiger partial charge in [0.25, 0.3) is 0 Å². The maximum Gasteiger partial charge on any atom is 0.152 e. The first-order chi connectivity index (χ1) is 9.52. The van der Waals surface area contributed by atoms with Crippen LogP contribution in [0.5, 0.6) is 0 Å². The molecular weight excluding hydrogens is 253 g/mol. The molecule has 20 heavy (non-hydrogen) atoms. The molecule has 0 aromatic rings. The smallest absolute Gasteiger partial charge is 0.152 e. The summed E-state index contributed by atoms with van der Waals surface area (Å²) in [6.45, 7) is 7.98. The number of aliphatic imine (C=N–C) groups is 1. The second kappa shape index (κ2) is 7.41. The average molecular weight is 279 g/mol. The zero-order valence-corrected chi connectivity index (χ0v) is 13.2. The van der Waals surface area contributed by atoms with Crippen molar-refractivity contribution in [2.24, 2.45) is 10.9 Å². The van der Waals surface area contributed by atoms with Crippen molar-refractivity contribution >= 4 is 5.71 Å². The molecule has 1 atom stereocenters. The lowest BCUT2D eigenvalue weighted by atomic mass is 10.00. The Bertz CT molecular complexity index is 442. The van der Waals surface area contributed by atoms with Gasteiger partial charge < -0.3 is 4.74 Å². The number of methoxy groups -OCH3 is 1. The molecule has 1 unspecified atom stereocenters. The monoisotopic (exact) mass is 279 g/mol. The summed E-state index contributed by atoms with van der Waals surface area (Å²) < 4.78 is 19.7. The van der Waals surface area contributed by atoms with Crippen molar-refractivity contribution in [1.82, 2.24) is 0 Å². The molecule has 0 radical (unpaired) electrons. The van der Waals surface area contributed by atoms with Gasteiger partial charge in [-0.15, -0.1) is 0 Å². The Balaban J connectivity index is 3.17. The molecule has 1 aliphatic carbocycles. The van der Waals surface area contributed by atoms with E-state index in [0.29, 0.717) is 24.3 Å². The summed E-state index contributed by atoms with van der Waals surface area (Å²) in [4.78, 5) is 4.60. The lowest BCUT2D eigenvalue weighted by molar-refractivity contribution is 0.310. The van der Waals surface area contributed by atoms with Crippen molar-refractivity contribution in [3.8, 4) is 0 Å². The second-order valence-electron chi connectivity index (χ2n) is 5.21. The summed E-state index contributed by atoms with van der Waals surface area (Å²) in [7, 11) is 1.63. The largest absolute Gasteiger partial charge is 0.495 e. The van der Waals surface area contributed by atoms with Gasteiger partial charge in [-0.3, -0.25) is 4.99 Å². The fourth-order valence-electron chi connectivity index (χ4n) is 1.96. The van der Waals surface area contributed by atoms with Crippen LogP contribution in [0, 0.1) is 5.92 Å². The predicted octanol–water partition coefficient (Wildman–Crippen LogP) is 4.99. The minimum absolute atomic E-state index is 0.226. The average Bonchev–Trinajstić information content (AvgIpc) is 3.20. The van der Waals surface area contributed by atoms with Gasteiger partial charge in [0.05, 0.1) is 18.5 Å². The molecule has 0 aromatic carbocycles. The molecule has 0 N–H and O–H groups in total. The highest BCUT2D eigenvalue weighted by atomic mass is 19.1. The molecule has 0 spiro atoms. The van der Waals surface area contributed by atoms with Crippen molar-refractivity contribution in [3.05, 3.63) is 35.8 Å². The zero-order valence-electron chi connectivity index (χ0n) is 13.2. The normalized spacial score (nSPS) is 21.2. The van der Waals surface area contributed by atoms with Crippen LogP contribution in [0.25, 0.3) is 0 Å². The van der Waals surface area contributed by atoms with Crippen molar-refractivity contribution in [2.75, 3.05) is 7.11 Å². The van der Waals surface area contributed by atoms with Gasteiger partial charge in [-0.2, -0.15) is 0 Å². The molecule has 2 nitrogen and oxygen atoms in total. The van der Waals surface area contributed by atoms with E-state index in [1.54, 1.807) is 13.2 Å². The van der Waals surface area contributed by atoms with E-state index in [9.17, 15) is 4.39 Å². The standard InChI is InChI=1S/C17H26FNO/c1-6-9-10-14(20-5)16(13(4)7-2)19-15(8-3)17(18)11-12-17/h6,8-10,13H,7,11-12H2,1-5H3/b9-6-,14-10+,15-8-,19-16-. The van der Waals surface area contributed by atoms with E-state index >= 15 is 0 Å². The Morgan fingerprint density at radius 3 is 2.45 bits per heavy atom. The molecule has 0 saturated heterocycles. The van der Waals surface area contributed by atoms with Crippen molar-refractivity contribution in [1.29, 1.82) is 0 Å². The highest BCUT2D eigenvalue weighted by Gasteiger charge is 2.47. The minimum Gasteiger partial charge on any atom is -0.495 e. The van der Waals surface area contributed by atoms with Gasteiger partial charge >= 0.3 is 0 Å². The van der Waals surface area contributed by atoms with Crippen LogP contribution in [0.3, 0.4) is 0 Å². The molecule has 0 aromatic heterocycles. The Hall–Kier alpha value is -1.38. The molecule has 0 amide bonds. The first-order valence-electron chi connectivity index (χ1n) is 7.34. The summed E-state index contributed by atoms with van der Waals surface area (Å²) in [5.74, 6) is 0.935. The predicted molar refractivity (Wildman–Crippen MR) is 83.6 cm³/mol. The fraction of sp³-hybridized carbons (Fsp3) is 0.588. The van der Waals surface area contributed by atoms with Gasteiger partial charge in [0.1, 0.15) is 5.76 Å². The number of hydrogen-bond acceptors (Lipinski definition) is 2. The molecule has 1 saturated carbocycles. The third-order valence-corrected chi connectivity index (χ3v) is 3.65. The van der Waals surface area contributed by atoms with Gasteiger partial charge in [0.2, 0.25) is 0 Å². The highest BCUT2D eigenvalue weighted by molar-refractivity contribution is 6.01. The van der Waals surface area contributed by atoms with E-state index in [2.05, 4.69) is 18.8 Å². The van der Waals surface area contributed by atoms with E-state index in [-0.39, 0.29) is 5.92 Å². The minimum atomic E-state index is -1.22. The Morgan fingerprint density at radius 2 is 2.05 bits per heavy atom. The number of rotatable bonds is 7. The highest BCUT2D eigenvalue weighted by Crippen LogP contribution is 2.47. The molecular formula is C17H26FNO. The Morgan fingerprint density at radius 1 is 1.40 bits per heavy atom. The van der Waals surface area contributed by atoms with Crippen LogP contribution in [-0.2, 0) is 4.74 Å². The number of alkyl halides is 1.